The lowest BCUT2D eigenvalue weighted by Crippen LogP contribution is -2.39. The number of piperidine rings is 1. The Labute approximate surface area is 222 Å². The number of aromatic nitrogens is 3. The Morgan fingerprint density at radius 2 is 1.74 bits per heavy atom. The monoisotopic (exact) mass is 529 g/mol. The zero-order valence-electron chi connectivity index (χ0n) is 21.5. The van der Waals surface area contributed by atoms with Gasteiger partial charge in [-0.05, 0) is 49.2 Å². The highest BCUT2D eigenvalue weighted by Gasteiger charge is 2.43. The van der Waals surface area contributed by atoms with Gasteiger partial charge < -0.3 is 16.0 Å². The van der Waals surface area contributed by atoms with Crippen LogP contribution in [0.1, 0.15) is 32.3 Å². The Morgan fingerprint density at radius 3 is 2.50 bits per heavy atom. The van der Waals surface area contributed by atoms with E-state index in [9.17, 15) is 8.42 Å². The van der Waals surface area contributed by atoms with Crippen molar-refractivity contribution in [2.45, 2.75) is 43.0 Å². The summed E-state index contributed by atoms with van der Waals surface area (Å²) in [5, 5.41) is 4.02. The van der Waals surface area contributed by atoms with Crippen molar-refractivity contribution in [3.8, 4) is 0 Å². The van der Waals surface area contributed by atoms with Gasteiger partial charge in [-0.1, -0.05) is 32.0 Å². The molecule has 196 valence electrons. The maximum Gasteiger partial charge on any atom is 0.267 e. The molecule has 0 bridgehead atoms. The predicted molar refractivity (Wildman–Crippen MR) is 150 cm³/mol. The number of sulfonamides is 1. The van der Waals surface area contributed by atoms with Crippen LogP contribution in [-0.2, 0) is 15.4 Å². The molecule has 38 heavy (non-hydrogen) atoms. The fourth-order valence-corrected chi connectivity index (χ4v) is 7.03. The Kier molecular flexibility index (Phi) is 5.96. The minimum Gasteiger partial charge on any atom is -0.371 e. The summed E-state index contributed by atoms with van der Waals surface area (Å²) in [5.41, 5.74) is 8.81. The minimum atomic E-state index is -3.92. The molecule has 4 aromatic rings. The largest absolute Gasteiger partial charge is 0.371 e. The molecule has 0 amide bonds. The summed E-state index contributed by atoms with van der Waals surface area (Å²) >= 11 is 0. The van der Waals surface area contributed by atoms with Crippen LogP contribution in [0.25, 0.3) is 10.9 Å². The van der Waals surface area contributed by atoms with Gasteiger partial charge in [-0.3, -0.25) is 4.98 Å². The fourth-order valence-electron chi connectivity index (χ4n) is 5.26. The van der Waals surface area contributed by atoms with Crippen LogP contribution in [0, 0.1) is 0 Å². The number of nitrogens with two attached hydrogens (primary N) is 1. The van der Waals surface area contributed by atoms with E-state index in [1.54, 1.807) is 30.6 Å². The summed E-state index contributed by atoms with van der Waals surface area (Å²) in [6.45, 7) is 6.18. The molecule has 0 radical (unpaired) electrons. The Morgan fingerprint density at radius 1 is 1.00 bits per heavy atom. The van der Waals surface area contributed by atoms with E-state index < -0.39 is 15.4 Å². The van der Waals surface area contributed by atoms with Gasteiger partial charge in [-0.2, -0.15) is 4.98 Å². The minimum absolute atomic E-state index is 0.168. The van der Waals surface area contributed by atoms with Crippen molar-refractivity contribution in [3.05, 3.63) is 72.6 Å². The third-order valence-corrected chi connectivity index (χ3v) is 9.23. The predicted octanol–water partition coefficient (Wildman–Crippen LogP) is 4.18. The van der Waals surface area contributed by atoms with Crippen LogP contribution >= 0.6 is 0 Å². The second-order valence-corrected chi connectivity index (χ2v) is 12.5. The lowest BCUT2D eigenvalue weighted by Gasteiger charge is -2.32. The Hall–Kier alpha value is -3.76. The molecule has 10 heteroatoms. The van der Waals surface area contributed by atoms with E-state index in [-0.39, 0.29) is 17.5 Å². The van der Waals surface area contributed by atoms with Crippen molar-refractivity contribution < 1.29 is 8.42 Å². The highest BCUT2D eigenvalue weighted by molar-refractivity contribution is 7.93. The van der Waals surface area contributed by atoms with Gasteiger partial charge in [0.15, 0.2) is 5.82 Å². The van der Waals surface area contributed by atoms with E-state index in [0.717, 1.165) is 48.3 Å². The number of nitrogens with zero attached hydrogens (tertiary/aromatic N) is 5. The van der Waals surface area contributed by atoms with E-state index in [2.05, 4.69) is 32.3 Å². The number of hydrogen-bond acceptors (Lipinski definition) is 8. The lowest BCUT2D eigenvalue weighted by molar-refractivity contribution is 0.501. The van der Waals surface area contributed by atoms with Gasteiger partial charge in [0.25, 0.3) is 10.0 Å². The molecule has 4 heterocycles. The molecule has 2 aromatic heterocycles. The van der Waals surface area contributed by atoms with Crippen LogP contribution in [0.5, 0.6) is 0 Å². The van der Waals surface area contributed by atoms with Crippen molar-refractivity contribution in [2.75, 3.05) is 34.2 Å². The van der Waals surface area contributed by atoms with Crippen LogP contribution in [0.4, 0.5) is 23.1 Å². The summed E-state index contributed by atoms with van der Waals surface area (Å²) in [7, 11) is -3.92. The van der Waals surface area contributed by atoms with Crippen LogP contribution in [-0.4, -0.2) is 49.0 Å². The van der Waals surface area contributed by atoms with Crippen LogP contribution in [0.3, 0.4) is 0 Å². The number of fused-ring (bicyclic) bond motifs is 2. The molecule has 3 N–H and O–H groups in total. The molecular formula is C28H31N7O2S. The zero-order valence-corrected chi connectivity index (χ0v) is 22.3. The van der Waals surface area contributed by atoms with Crippen molar-refractivity contribution in [1.82, 2.24) is 15.0 Å². The van der Waals surface area contributed by atoms with Crippen LogP contribution in [0.15, 0.2) is 71.9 Å². The Bertz CT molecular complexity index is 1590. The molecule has 0 spiro atoms. The SMILES string of the molecule is CC1(C)CN(S(=O)(=O)c2cccc3cccnc23)c2nc(Nc3ccc(N4CCC(N)CC4)cc3)ncc21. The van der Waals surface area contributed by atoms with Gasteiger partial charge in [0, 0.05) is 65.8 Å². The first-order valence-electron chi connectivity index (χ1n) is 12.8. The number of pyridine rings is 1. The second-order valence-electron chi connectivity index (χ2n) is 10.7. The summed E-state index contributed by atoms with van der Waals surface area (Å²) in [5.74, 6) is 0.733. The number of anilines is 4. The van der Waals surface area contributed by atoms with E-state index in [1.807, 2.05) is 38.1 Å². The zero-order chi connectivity index (χ0) is 26.5. The maximum absolute atomic E-state index is 14.0. The van der Waals surface area contributed by atoms with E-state index in [4.69, 9.17) is 10.7 Å². The molecule has 2 aromatic carbocycles. The van der Waals surface area contributed by atoms with Crippen molar-refractivity contribution in [1.29, 1.82) is 0 Å². The van der Waals surface area contributed by atoms with Gasteiger partial charge in [0.05, 0.1) is 5.52 Å². The topological polar surface area (TPSA) is 117 Å². The van der Waals surface area contributed by atoms with Gasteiger partial charge in [-0.15, -0.1) is 0 Å². The summed E-state index contributed by atoms with van der Waals surface area (Å²) in [4.78, 5) is 16.1. The second kappa shape index (κ2) is 9.21. The number of nitrogens with one attached hydrogen (secondary N) is 1. The molecule has 0 saturated carbocycles. The molecule has 6 rings (SSSR count). The quantitative estimate of drug-likeness (QED) is 0.395. The average Bonchev–Trinajstić information content (AvgIpc) is 3.20. The number of para-hydroxylation sites is 1. The first kappa shape index (κ1) is 24.6. The molecule has 0 aliphatic carbocycles. The number of rotatable bonds is 5. The first-order valence-corrected chi connectivity index (χ1v) is 14.3. The van der Waals surface area contributed by atoms with E-state index in [0.29, 0.717) is 17.3 Å². The van der Waals surface area contributed by atoms with Gasteiger partial charge in [-0.25, -0.2) is 17.7 Å². The molecule has 9 nitrogen and oxygen atoms in total. The normalized spacial score (nSPS) is 17.6. The molecule has 0 unspecified atom stereocenters. The van der Waals surface area contributed by atoms with Crippen molar-refractivity contribution in [2.24, 2.45) is 5.73 Å². The summed E-state index contributed by atoms with van der Waals surface area (Å²) < 4.78 is 29.3. The van der Waals surface area contributed by atoms with E-state index >= 15 is 0 Å². The molecule has 1 saturated heterocycles. The molecule has 1 fully saturated rings. The van der Waals surface area contributed by atoms with Crippen molar-refractivity contribution in [3.63, 3.8) is 0 Å². The van der Waals surface area contributed by atoms with Crippen LogP contribution < -0.4 is 20.3 Å². The highest BCUT2D eigenvalue weighted by atomic mass is 32.2. The lowest BCUT2D eigenvalue weighted by atomic mass is 9.89. The third-order valence-electron chi connectivity index (χ3n) is 7.46. The molecule has 2 aliphatic heterocycles. The standard InChI is InChI=1S/C28H31N7O2S/c1-28(2)18-35(38(36,37)24-7-3-5-19-6-4-14-30-25(19)24)26-23(28)17-31-27(33-26)32-21-8-10-22(11-9-21)34-15-12-20(29)13-16-34/h3-11,14,17,20H,12-13,15-16,18,29H2,1-2H3,(H,31,32,33). The molecule has 0 atom stereocenters. The van der Waals surface area contributed by atoms with Gasteiger partial charge in [0.1, 0.15) is 4.90 Å². The summed E-state index contributed by atoms with van der Waals surface area (Å²) in [6, 6.07) is 17.3. The molecule has 2 aliphatic rings. The van der Waals surface area contributed by atoms with Gasteiger partial charge >= 0.3 is 0 Å². The van der Waals surface area contributed by atoms with Crippen LogP contribution in [0.2, 0.25) is 0 Å². The van der Waals surface area contributed by atoms with Crippen molar-refractivity contribution >= 4 is 44.1 Å². The Balaban J connectivity index is 1.30. The summed E-state index contributed by atoms with van der Waals surface area (Å²) in [6.07, 6.45) is 5.33. The maximum atomic E-state index is 14.0. The number of hydrogen-bond donors (Lipinski definition) is 2. The third kappa shape index (κ3) is 4.33. The average molecular weight is 530 g/mol. The number of benzene rings is 2. The fraction of sp³-hybridized carbons (Fsp3) is 0.321. The first-order chi connectivity index (χ1) is 18.2. The van der Waals surface area contributed by atoms with Gasteiger partial charge in [0.2, 0.25) is 5.95 Å². The molecular weight excluding hydrogens is 498 g/mol. The smallest absolute Gasteiger partial charge is 0.267 e. The highest BCUT2D eigenvalue weighted by Crippen LogP contribution is 2.42. The van der Waals surface area contributed by atoms with E-state index in [1.165, 1.54) is 4.31 Å².